The van der Waals surface area contributed by atoms with Crippen molar-refractivity contribution in [3.05, 3.63) is 29.3 Å². The fraction of sp³-hybridized carbons (Fsp3) is 0.524. The number of carbonyl (C=O) groups is 4. The predicted octanol–water partition coefficient (Wildman–Crippen LogP) is 0.380. The molecule has 0 saturated carbocycles. The normalized spacial score (nSPS) is 24.8. The molecule has 3 aliphatic heterocycles. The Bertz CT molecular complexity index is 901. The second-order valence-electron chi connectivity index (χ2n) is 8.10. The van der Waals surface area contributed by atoms with E-state index in [0.717, 1.165) is 10.5 Å². The lowest BCUT2D eigenvalue weighted by Gasteiger charge is -2.36. The molecule has 9 heteroatoms. The van der Waals surface area contributed by atoms with Crippen LogP contribution >= 0.6 is 0 Å². The fourth-order valence-corrected chi connectivity index (χ4v) is 4.33. The van der Waals surface area contributed by atoms with Crippen molar-refractivity contribution in [2.24, 2.45) is 0 Å². The highest BCUT2D eigenvalue weighted by Gasteiger charge is 2.43. The van der Waals surface area contributed by atoms with Crippen molar-refractivity contribution in [3.63, 3.8) is 0 Å². The van der Waals surface area contributed by atoms with Crippen molar-refractivity contribution in [2.45, 2.75) is 44.9 Å². The summed E-state index contributed by atoms with van der Waals surface area (Å²) in [6.07, 6.45) is 0.993. The molecule has 2 saturated heterocycles. The van der Waals surface area contributed by atoms with Gasteiger partial charge in [0.05, 0.1) is 6.10 Å². The molecule has 160 valence electrons. The van der Waals surface area contributed by atoms with E-state index >= 15 is 0 Å². The summed E-state index contributed by atoms with van der Waals surface area (Å²) >= 11 is 0. The topological polar surface area (TPSA) is 113 Å². The number of amides is 4. The fourth-order valence-electron chi connectivity index (χ4n) is 4.33. The third-order valence-electron chi connectivity index (χ3n) is 5.92. The van der Waals surface area contributed by atoms with Gasteiger partial charge in [0.1, 0.15) is 12.6 Å². The van der Waals surface area contributed by atoms with Gasteiger partial charge in [-0.25, -0.2) is 0 Å². The average Bonchev–Trinajstić information content (AvgIpc) is 2.88. The smallest absolute Gasteiger partial charge is 0.255 e. The molecule has 0 aliphatic carbocycles. The Balaban J connectivity index is 1.48. The lowest BCUT2D eigenvalue weighted by Crippen LogP contribution is -2.57. The van der Waals surface area contributed by atoms with Crippen LogP contribution in [0.2, 0.25) is 0 Å². The Morgan fingerprint density at radius 3 is 2.87 bits per heavy atom. The molecule has 3 heterocycles. The molecule has 1 aromatic carbocycles. The van der Waals surface area contributed by atoms with Gasteiger partial charge in [-0.3, -0.25) is 24.1 Å². The highest BCUT2D eigenvalue weighted by Crippen LogP contribution is 2.30. The van der Waals surface area contributed by atoms with Gasteiger partial charge < -0.3 is 20.3 Å². The summed E-state index contributed by atoms with van der Waals surface area (Å²) in [5.41, 5.74) is 7.57. The van der Waals surface area contributed by atoms with Crippen LogP contribution in [0.3, 0.4) is 0 Å². The van der Waals surface area contributed by atoms with Crippen LogP contribution in [0.4, 0.5) is 5.69 Å². The number of likely N-dealkylation sites (tertiary alicyclic amines) is 1. The first kappa shape index (κ1) is 20.3. The lowest BCUT2D eigenvalue weighted by molar-refractivity contribution is -0.156. The quantitative estimate of drug-likeness (QED) is 0.565. The van der Waals surface area contributed by atoms with E-state index in [1.807, 2.05) is 6.92 Å². The largest absolute Gasteiger partial charge is 0.399 e. The van der Waals surface area contributed by atoms with Gasteiger partial charge in [-0.15, -0.1) is 0 Å². The summed E-state index contributed by atoms with van der Waals surface area (Å²) in [7, 11) is 0. The molecule has 4 rings (SSSR count). The van der Waals surface area contributed by atoms with Gasteiger partial charge >= 0.3 is 0 Å². The molecule has 2 N–H and O–H groups in total. The van der Waals surface area contributed by atoms with Crippen LogP contribution in [0.5, 0.6) is 0 Å². The molecule has 2 unspecified atom stereocenters. The molecule has 3 aliphatic rings. The van der Waals surface area contributed by atoms with Crippen molar-refractivity contribution in [1.82, 2.24) is 14.7 Å². The molecule has 4 amide bonds. The summed E-state index contributed by atoms with van der Waals surface area (Å²) in [6, 6.07) is 4.35. The minimum Gasteiger partial charge on any atom is -0.399 e. The number of fused-ring (bicyclic) bond motifs is 1. The zero-order valence-corrected chi connectivity index (χ0v) is 17.0. The monoisotopic (exact) mass is 414 g/mol. The maximum atomic E-state index is 13.1. The number of anilines is 1. The second kappa shape index (κ2) is 8.06. The number of nitrogens with two attached hydrogens (primary N) is 1. The minimum atomic E-state index is -0.761. The molecule has 0 radical (unpaired) electrons. The van der Waals surface area contributed by atoms with Crippen molar-refractivity contribution in [2.75, 3.05) is 32.0 Å². The second-order valence-corrected chi connectivity index (χ2v) is 8.10. The zero-order chi connectivity index (χ0) is 21.4. The molecule has 0 bridgehead atoms. The standard InChI is InChI=1S/C21H26N4O5/c1-13-10-23(7-2-8-30-13)19(27)12-25-18(26)6-5-17(21(25)29)24-11-14-3-4-15(22)9-16(14)20(24)28/h3-4,9,13,17H,2,5-8,10-12,22H2,1H3. The van der Waals surface area contributed by atoms with E-state index in [1.54, 1.807) is 23.1 Å². The van der Waals surface area contributed by atoms with Gasteiger partial charge in [-0.2, -0.15) is 0 Å². The van der Waals surface area contributed by atoms with E-state index < -0.39 is 11.9 Å². The number of rotatable bonds is 3. The number of benzene rings is 1. The van der Waals surface area contributed by atoms with E-state index in [-0.39, 0.29) is 43.2 Å². The Labute approximate surface area is 174 Å². The van der Waals surface area contributed by atoms with E-state index in [0.29, 0.717) is 43.9 Å². The van der Waals surface area contributed by atoms with Crippen LogP contribution in [0, 0.1) is 0 Å². The molecule has 0 spiro atoms. The third kappa shape index (κ3) is 3.77. The molecule has 30 heavy (non-hydrogen) atoms. The Morgan fingerprint density at radius 2 is 2.07 bits per heavy atom. The number of hydrogen-bond acceptors (Lipinski definition) is 6. The van der Waals surface area contributed by atoms with Crippen molar-refractivity contribution in [1.29, 1.82) is 0 Å². The number of ether oxygens (including phenoxy) is 1. The van der Waals surface area contributed by atoms with Gasteiger partial charge in [0.25, 0.3) is 11.8 Å². The van der Waals surface area contributed by atoms with Crippen molar-refractivity contribution < 1.29 is 23.9 Å². The van der Waals surface area contributed by atoms with E-state index in [4.69, 9.17) is 10.5 Å². The van der Waals surface area contributed by atoms with Crippen molar-refractivity contribution >= 4 is 29.3 Å². The maximum Gasteiger partial charge on any atom is 0.255 e. The predicted molar refractivity (Wildman–Crippen MR) is 107 cm³/mol. The van der Waals surface area contributed by atoms with Gasteiger partial charge in [-0.05, 0) is 37.5 Å². The summed E-state index contributed by atoms with van der Waals surface area (Å²) in [5.74, 6) is -1.42. The van der Waals surface area contributed by atoms with Gasteiger partial charge in [0, 0.05) is 43.9 Å². The van der Waals surface area contributed by atoms with Crippen LogP contribution in [-0.4, -0.2) is 76.7 Å². The Kier molecular flexibility index (Phi) is 5.46. The van der Waals surface area contributed by atoms with Crippen LogP contribution in [-0.2, 0) is 25.7 Å². The lowest BCUT2D eigenvalue weighted by atomic mass is 10.0. The van der Waals surface area contributed by atoms with Crippen LogP contribution in [0.15, 0.2) is 18.2 Å². The first-order valence-electron chi connectivity index (χ1n) is 10.3. The molecule has 2 atom stereocenters. The number of imide groups is 1. The molecular formula is C21H26N4O5. The van der Waals surface area contributed by atoms with Crippen LogP contribution < -0.4 is 5.73 Å². The molecule has 2 fully saturated rings. The number of carbonyl (C=O) groups excluding carboxylic acids is 4. The van der Waals surface area contributed by atoms with Crippen molar-refractivity contribution in [3.8, 4) is 0 Å². The SMILES string of the molecule is CC1CN(C(=O)CN2C(=O)CCC(N3Cc4ccc(N)cc4C3=O)C2=O)CCCO1. The number of hydrogen-bond donors (Lipinski definition) is 1. The minimum absolute atomic E-state index is 0.0925. The summed E-state index contributed by atoms with van der Waals surface area (Å²) in [4.78, 5) is 55.4. The molecule has 1 aromatic rings. The third-order valence-corrected chi connectivity index (χ3v) is 5.92. The zero-order valence-electron chi connectivity index (χ0n) is 17.0. The first-order valence-corrected chi connectivity index (χ1v) is 10.3. The highest BCUT2D eigenvalue weighted by molar-refractivity contribution is 6.07. The van der Waals surface area contributed by atoms with E-state index in [1.165, 1.54) is 4.90 Å². The van der Waals surface area contributed by atoms with Gasteiger partial charge in [-0.1, -0.05) is 6.07 Å². The number of nitrogens with zero attached hydrogens (tertiary/aromatic N) is 3. The Morgan fingerprint density at radius 1 is 1.27 bits per heavy atom. The average molecular weight is 414 g/mol. The van der Waals surface area contributed by atoms with Crippen LogP contribution in [0.1, 0.15) is 42.1 Å². The highest BCUT2D eigenvalue weighted by atomic mass is 16.5. The maximum absolute atomic E-state index is 13.1. The molecule has 0 aromatic heterocycles. The summed E-state index contributed by atoms with van der Waals surface area (Å²) in [5, 5.41) is 0. The number of nitrogen functional groups attached to an aromatic ring is 1. The first-order chi connectivity index (χ1) is 14.3. The molecular weight excluding hydrogens is 388 g/mol. The summed E-state index contributed by atoms with van der Waals surface area (Å²) < 4.78 is 5.56. The van der Waals surface area contributed by atoms with Gasteiger partial charge in [0.2, 0.25) is 11.8 Å². The van der Waals surface area contributed by atoms with Crippen LogP contribution in [0.25, 0.3) is 0 Å². The Hall–Kier alpha value is -2.94. The molecule has 9 nitrogen and oxygen atoms in total. The van der Waals surface area contributed by atoms with Gasteiger partial charge in [0.15, 0.2) is 0 Å². The summed E-state index contributed by atoms with van der Waals surface area (Å²) in [6.45, 7) is 3.42. The number of piperidine rings is 1. The van der Waals surface area contributed by atoms with E-state index in [2.05, 4.69) is 0 Å². The van der Waals surface area contributed by atoms with E-state index in [9.17, 15) is 19.2 Å².